The molecule has 2 rings (SSSR count). The van der Waals surface area contributed by atoms with Gasteiger partial charge in [0.15, 0.2) is 0 Å². The molecule has 0 saturated heterocycles. The van der Waals surface area contributed by atoms with Gasteiger partial charge in [-0.1, -0.05) is 12.1 Å². The second-order valence-electron chi connectivity index (χ2n) is 3.82. The number of hydrogen-bond acceptors (Lipinski definition) is 5. The first-order valence-electron chi connectivity index (χ1n) is 4.88. The van der Waals surface area contributed by atoms with Gasteiger partial charge in [-0.3, -0.25) is 9.11 Å². The van der Waals surface area contributed by atoms with Crippen LogP contribution < -0.4 is 5.73 Å². The van der Waals surface area contributed by atoms with Crippen LogP contribution in [0.4, 0.5) is 5.69 Å². The van der Waals surface area contributed by atoms with Crippen LogP contribution in [-0.4, -0.2) is 85.1 Å². The van der Waals surface area contributed by atoms with Crippen LogP contribution in [-0.2, 0) is 20.2 Å². The normalized spacial score (nSPS) is 11.5. The van der Waals surface area contributed by atoms with Crippen LogP contribution in [0.5, 0.6) is 0 Å². The van der Waals surface area contributed by atoms with Crippen molar-refractivity contribution in [1.82, 2.24) is 0 Å². The molecule has 0 fully saturated rings. The number of nitrogen functional groups attached to an aromatic ring is 1. The molecule has 0 aliphatic heterocycles. The van der Waals surface area contributed by atoms with E-state index in [0.29, 0.717) is 0 Å². The van der Waals surface area contributed by atoms with Gasteiger partial charge in [0.2, 0.25) is 0 Å². The summed E-state index contributed by atoms with van der Waals surface area (Å²) in [6, 6.07) is 5.86. The van der Waals surface area contributed by atoms with Gasteiger partial charge in [0.1, 0.15) is 4.90 Å². The van der Waals surface area contributed by atoms with E-state index in [9.17, 15) is 16.8 Å². The number of benzene rings is 2. The van der Waals surface area contributed by atoms with Crippen molar-refractivity contribution in [1.29, 1.82) is 0 Å². The van der Waals surface area contributed by atoms with Crippen molar-refractivity contribution >= 4 is 95.8 Å². The van der Waals surface area contributed by atoms with E-state index in [1.807, 2.05) is 0 Å². The van der Waals surface area contributed by atoms with E-state index in [1.54, 1.807) is 0 Å². The molecule has 0 bridgehead atoms. The van der Waals surface area contributed by atoms with Gasteiger partial charge >= 0.3 is 0 Å². The van der Waals surface area contributed by atoms with Crippen molar-refractivity contribution in [2.45, 2.75) is 9.79 Å². The largest absolute Gasteiger partial charge is 0.398 e. The molecule has 0 aliphatic carbocycles. The smallest absolute Gasteiger partial charge is 0.295 e. The first-order valence-corrected chi connectivity index (χ1v) is 7.76. The summed E-state index contributed by atoms with van der Waals surface area (Å²) in [5.41, 5.74) is 5.42. The Morgan fingerprint density at radius 3 is 1.95 bits per heavy atom. The van der Waals surface area contributed by atoms with E-state index >= 15 is 0 Å². The predicted octanol–water partition coefficient (Wildman–Crippen LogP) is 0.154. The molecule has 0 aliphatic rings. The van der Waals surface area contributed by atoms with Crippen LogP contribution in [0.25, 0.3) is 10.8 Å². The molecule has 0 amide bonds. The number of rotatable bonds is 2. The van der Waals surface area contributed by atoms with Crippen LogP contribution in [0.1, 0.15) is 0 Å². The van der Waals surface area contributed by atoms with Gasteiger partial charge in [-0.15, -0.1) is 0 Å². The second-order valence-corrected chi connectivity index (χ2v) is 6.63. The van der Waals surface area contributed by atoms with Crippen molar-refractivity contribution < 1.29 is 25.9 Å². The minimum Gasteiger partial charge on any atom is -0.398 e. The minimum atomic E-state index is -4.49. The Balaban J connectivity index is 0.00000200. The molecule has 4 N–H and O–H groups in total. The van der Waals surface area contributed by atoms with Gasteiger partial charge < -0.3 is 5.73 Å². The molecular formula is C10H9NNa2O6S2. The number of fused-ring (bicyclic) bond motifs is 1. The van der Waals surface area contributed by atoms with Crippen LogP contribution in [0.3, 0.4) is 0 Å². The zero-order valence-electron chi connectivity index (χ0n) is 11.3. The number of nitrogens with two attached hydrogens (primary N) is 1. The van der Waals surface area contributed by atoms with Gasteiger partial charge in [0, 0.05) is 70.2 Å². The zero-order chi connectivity index (χ0) is 14.4. The molecule has 0 aromatic heterocycles. The monoisotopic (exact) mass is 349 g/mol. The van der Waals surface area contributed by atoms with E-state index in [0.717, 1.165) is 18.2 Å². The first kappa shape index (κ1) is 21.3. The molecule has 0 spiro atoms. The van der Waals surface area contributed by atoms with Gasteiger partial charge in [0.25, 0.3) is 20.2 Å². The first-order chi connectivity index (χ1) is 8.60. The molecule has 2 radical (unpaired) electrons. The third-order valence-corrected chi connectivity index (χ3v) is 4.25. The standard InChI is InChI=1S/C10H9NO6S2.2Na/c11-8-5-7(18(12,13)14)4-6-2-1-3-9(10(6)8)19(15,16)17;;/h1-5H,11H2,(H,12,13,14)(H,15,16,17);;. The van der Waals surface area contributed by atoms with Crippen LogP contribution in [0, 0.1) is 0 Å². The summed E-state index contributed by atoms with van der Waals surface area (Å²) < 4.78 is 62.6. The van der Waals surface area contributed by atoms with E-state index in [4.69, 9.17) is 14.8 Å². The fraction of sp³-hybridized carbons (Fsp3) is 0. The third-order valence-electron chi connectivity index (χ3n) is 2.52. The fourth-order valence-electron chi connectivity index (χ4n) is 1.76. The molecule has 21 heavy (non-hydrogen) atoms. The molecule has 2 aromatic carbocycles. The maximum absolute atomic E-state index is 11.2. The van der Waals surface area contributed by atoms with E-state index in [2.05, 4.69) is 0 Å². The molecule has 0 saturated carbocycles. The van der Waals surface area contributed by atoms with Crippen LogP contribution in [0.2, 0.25) is 0 Å². The second kappa shape index (κ2) is 7.26. The maximum atomic E-state index is 11.2. The minimum absolute atomic E-state index is 0. The summed E-state index contributed by atoms with van der Waals surface area (Å²) in [7, 11) is -8.95. The summed E-state index contributed by atoms with van der Waals surface area (Å²) in [4.78, 5) is -0.880. The van der Waals surface area contributed by atoms with Crippen molar-refractivity contribution in [2.24, 2.45) is 0 Å². The number of anilines is 1. The van der Waals surface area contributed by atoms with Crippen LogP contribution >= 0.6 is 0 Å². The summed E-state index contributed by atoms with van der Waals surface area (Å²) in [6.45, 7) is 0. The van der Waals surface area contributed by atoms with Gasteiger partial charge in [-0.2, -0.15) is 16.8 Å². The van der Waals surface area contributed by atoms with Gasteiger partial charge in [0.05, 0.1) is 4.90 Å². The number of hydrogen-bond donors (Lipinski definition) is 3. The Bertz CT molecular complexity index is 880. The Labute approximate surface area is 166 Å². The summed E-state index contributed by atoms with van der Waals surface area (Å²) >= 11 is 0. The quantitative estimate of drug-likeness (QED) is 0.399. The Kier molecular flexibility index (Phi) is 7.37. The van der Waals surface area contributed by atoms with Gasteiger partial charge in [-0.25, -0.2) is 0 Å². The van der Waals surface area contributed by atoms with Crippen molar-refractivity contribution in [3.63, 3.8) is 0 Å². The molecule has 0 unspecified atom stereocenters. The Morgan fingerprint density at radius 2 is 1.48 bits per heavy atom. The molecule has 7 nitrogen and oxygen atoms in total. The zero-order valence-corrected chi connectivity index (χ0v) is 16.9. The summed E-state index contributed by atoms with van der Waals surface area (Å²) in [6.07, 6.45) is 0. The Morgan fingerprint density at radius 1 is 0.905 bits per heavy atom. The average Bonchev–Trinajstić information content (AvgIpc) is 2.25. The van der Waals surface area contributed by atoms with E-state index < -0.39 is 30.0 Å². The van der Waals surface area contributed by atoms with Crippen molar-refractivity contribution in [3.05, 3.63) is 30.3 Å². The predicted molar refractivity (Wildman–Crippen MR) is 79.5 cm³/mol. The Hall–Kier alpha value is 0.320. The molecule has 0 atom stereocenters. The van der Waals surface area contributed by atoms with E-state index in [1.165, 1.54) is 12.1 Å². The molecule has 104 valence electrons. The van der Waals surface area contributed by atoms with E-state index in [-0.39, 0.29) is 75.6 Å². The SMILES string of the molecule is Nc1cc(S(=O)(=O)O)cc2cccc(S(=O)(=O)O)c12.[Na].[Na]. The molecule has 0 heterocycles. The molecule has 11 heteroatoms. The molecular weight excluding hydrogens is 340 g/mol. The van der Waals surface area contributed by atoms with Crippen molar-refractivity contribution in [3.8, 4) is 0 Å². The maximum Gasteiger partial charge on any atom is 0.295 e. The molecule has 2 aromatic rings. The average molecular weight is 349 g/mol. The topological polar surface area (TPSA) is 135 Å². The summed E-state index contributed by atoms with van der Waals surface area (Å²) in [5.74, 6) is 0. The van der Waals surface area contributed by atoms with Gasteiger partial charge in [-0.05, 0) is 23.6 Å². The summed E-state index contributed by atoms with van der Waals surface area (Å²) in [5, 5.41) is 0.167. The third kappa shape index (κ3) is 4.64. The van der Waals surface area contributed by atoms with Crippen LogP contribution in [0.15, 0.2) is 40.1 Å². The fourth-order valence-corrected chi connectivity index (χ4v) is 3.06. The van der Waals surface area contributed by atoms with Crippen molar-refractivity contribution in [2.75, 3.05) is 5.73 Å².